The number of benzene rings is 2. The lowest BCUT2D eigenvalue weighted by Gasteiger charge is -2.24. The van der Waals surface area contributed by atoms with Gasteiger partial charge in [-0.2, -0.15) is 0 Å². The summed E-state index contributed by atoms with van der Waals surface area (Å²) in [6, 6.07) is 9.86. The molecule has 0 spiro atoms. The summed E-state index contributed by atoms with van der Waals surface area (Å²) < 4.78 is 28.3. The quantitative estimate of drug-likeness (QED) is 0.340. The molecule has 0 unspecified atom stereocenters. The summed E-state index contributed by atoms with van der Waals surface area (Å²) in [6.07, 6.45) is 3.85. The largest absolute Gasteiger partial charge is 0.490 e. The fraction of sp³-hybridized carbons (Fsp3) is 0.462. The van der Waals surface area contributed by atoms with Crippen molar-refractivity contribution in [2.45, 2.75) is 25.9 Å². The van der Waals surface area contributed by atoms with E-state index in [9.17, 15) is 0 Å². The van der Waals surface area contributed by atoms with Crippen LogP contribution in [0.15, 0.2) is 36.7 Å². The SMILES string of the molecule is COCCOc1cc2ncnc(Nc3ccc(OC4CCNCC4)c(C)c3)c2cc1OCCOC.Cl. The molecule has 10 heteroatoms. The van der Waals surface area contributed by atoms with Crippen LogP contribution < -0.4 is 24.8 Å². The molecule has 1 fully saturated rings. The monoisotopic (exact) mass is 518 g/mol. The van der Waals surface area contributed by atoms with E-state index in [-0.39, 0.29) is 18.5 Å². The molecular formula is C26H35ClN4O5. The van der Waals surface area contributed by atoms with E-state index in [4.69, 9.17) is 23.7 Å². The Morgan fingerprint density at radius 1 is 0.889 bits per heavy atom. The number of methoxy groups -OCH3 is 2. The van der Waals surface area contributed by atoms with E-state index in [0.29, 0.717) is 43.7 Å². The number of piperidine rings is 1. The third-order valence-corrected chi connectivity index (χ3v) is 5.81. The second kappa shape index (κ2) is 14.0. The van der Waals surface area contributed by atoms with Crippen molar-refractivity contribution in [3.8, 4) is 17.2 Å². The number of aromatic nitrogens is 2. The Bertz CT molecular complexity index is 1110. The highest BCUT2D eigenvalue weighted by atomic mass is 35.5. The standard InChI is InChI=1S/C26H34N4O5.ClH/c1-18-14-19(4-5-23(18)35-20-6-8-27-9-7-20)30-26-21-15-24(33-12-10-31-2)25(34-13-11-32-3)16-22(21)28-17-29-26;/h4-5,14-17,20,27H,6-13H2,1-3H3,(H,28,29,30);1H. The van der Waals surface area contributed by atoms with Crippen LogP contribution in [-0.2, 0) is 9.47 Å². The first-order valence-corrected chi connectivity index (χ1v) is 11.9. The molecule has 0 aliphatic carbocycles. The Hall–Kier alpha value is -2.85. The van der Waals surface area contributed by atoms with Gasteiger partial charge in [0.05, 0.1) is 18.7 Å². The average molecular weight is 519 g/mol. The Labute approximate surface area is 218 Å². The first-order valence-electron chi connectivity index (χ1n) is 11.9. The number of anilines is 2. The van der Waals surface area contributed by atoms with Gasteiger partial charge >= 0.3 is 0 Å². The van der Waals surface area contributed by atoms with E-state index < -0.39 is 0 Å². The number of hydrogen-bond acceptors (Lipinski definition) is 9. The molecular weight excluding hydrogens is 484 g/mol. The van der Waals surface area contributed by atoms with Crippen molar-refractivity contribution < 1.29 is 23.7 Å². The predicted octanol–water partition coefficient (Wildman–Crippen LogP) is 4.28. The van der Waals surface area contributed by atoms with Crippen LogP contribution in [-0.4, -0.2) is 69.8 Å². The highest BCUT2D eigenvalue weighted by Crippen LogP contribution is 2.35. The van der Waals surface area contributed by atoms with Crippen LogP contribution in [0.5, 0.6) is 17.2 Å². The van der Waals surface area contributed by atoms with Gasteiger partial charge in [0.15, 0.2) is 11.5 Å². The van der Waals surface area contributed by atoms with Crippen LogP contribution >= 0.6 is 12.4 Å². The molecule has 0 radical (unpaired) electrons. The highest BCUT2D eigenvalue weighted by Gasteiger charge is 2.16. The Balaban J connectivity index is 0.00000361. The summed E-state index contributed by atoms with van der Waals surface area (Å²) in [5.41, 5.74) is 2.74. The molecule has 9 nitrogen and oxygen atoms in total. The minimum absolute atomic E-state index is 0. The molecule has 36 heavy (non-hydrogen) atoms. The normalized spacial score (nSPS) is 13.8. The smallest absolute Gasteiger partial charge is 0.163 e. The van der Waals surface area contributed by atoms with Gasteiger partial charge in [0.2, 0.25) is 0 Å². The van der Waals surface area contributed by atoms with Gasteiger partial charge in [-0.3, -0.25) is 0 Å². The lowest BCUT2D eigenvalue weighted by molar-refractivity contribution is 0.132. The van der Waals surface area contributed by atoms with Crippen molar-refractivity contribution in [1.29, 1.82) is 0 Å². The van der Waals surface area contributed by atoms with E-state index in [1.807, 2.05) is 24.3 Å². The molecule has 3 aromatic rings. The fourth-order valence-corrected chi connectivity index (χ4v) is 3.95. The molecule has 1 saturated heterocycles. The molecule has 4 rings (SSSR count). The molecule has 0 saturated carbocycles. The maximum atomic E-state index is 6.23. The van der Waals surface area contributed by atoms with Crippen LogP contribution in [0, 0.1) is 6.92 Å². The van der Waals surface area contributed by atoms with Crippen molar-refractivity contribution >= 4 is 34.8 Å². The van der Waals surface area contributed by atoms with E-state index in [1.54, 1.807) is 14.2 Å². The number of ether oxygens (including phenoxy) is 5. The highest BCUT2D eigenvalue weighted by molar-refractivity contribution is 5.93. The maximum absolute atomic E-state index is 6.23. The molecule has 1 aromatic heterocycles. The summed E-state index contributed by atoms with van der Waals surface area (Å²) in [7, 11) is 3.28. The third-order valence-electron chi connectivity index (χ3n) is 5.81. The summed E-state index contributed by atoms with van der Waals surface area (Å²) in [4.78, 5) is 8.93. The van der Waals surface area contributed by atoms with E-state index in [1.165, 1.54) is 6.33 Å². The molecule has 2 heterocycles. The van der Waals surface area contributed by atoms with Gasteiger partial charge in [0.1, 0.15) is 37.2 Å². The topological polar surface area (TPSA) is 96.0 Å². The molecule has 196 valence electrons. The Kier molecular flexibility index (Phi) is 10.8. The Morgan fingerprint density at radius 2 is 1.58 bits per heavy atom. The Morgan fingerprint density at radius 3 is 2.25 bits per heavy atom. The van der Waals surface area contributed by atoms with Crippen molar-refractivity contribution in [3.05, 3.63) is 42.2 Å². The lowest BCUT2D eigenvalue weighted by atomic mass is 10.1. The van der Waals surface area contributed by atoms with Crippen molar-refractivity contribution in [2.24, 2.45) is 0 Å². The molecule has 2 aromatic carbocycles. The van der Waals surface area contributed by atoms with Gasteiger partial charge in [0.25, 0.3) is 0 Å². The molecule has 0 bridgehead atoms. The molecule has 0 atom stereocenters. The van der Waals surface area contributed by atoms with Gasteiger partial charge in [-0.15, -0.1) is 12.4 Å². The lowest BCUT2D eigenvalue weighted by Crippen LogP contribution is -2.34. The van der Waals surface area contributed by atoms with Gasteiger partial charge in [-0.25, -0.2) is 9.97 Å². The number of fused-ring (bicyclic) bond motifs is 1. The summed E-state index contributed by atoms with van der Waals surface area (Å²) in [5, 5.41) is 7.62. The predicted molar refractivity (Wildman–Crippen MR) is 143 cm³/mol. The summed E-state index contributed by atoms with van der Waals surface area (Å²) in [6.45, 7) is 5.81. The minimum Gasteiger partial charge on any atom is -0.490 e. The molecule has 1 aliphatic heterocycles. The van der Waals surface area contributed by atoms with Crippen molar-refractivity contribution in [2.75, 3.05) is 59.1 Å². The number of nitrogens with one attached hydrogen (secondary N) is 2. The van der Waals surface area contributed by atoms with Crippen LogP contribution in [0.1, 0.15) is 18.4 Å². The number of aryl methyl sites for hydroxylation is 1. The van der Waals surface area contributed by atoms with E-state index in [2.05, 4.69) is 33.6 Å². The van der Waals surface area contributed by atoms with Crippen molar-refractivity contribution in [3.63, 3.8) is 0 Å². The van der Waals surface area contributed by atoms with Crippen molar-refractivity contribution in [1.82, 2.24) is 15.3 Å². The third kappa shape index (κ3) is 7.33. The number of halogens is 1. The van der Waals surface area contributed by atoms with Gasteiger partial charge in [-0.05, 0) is 62.7 Å². The second-order valence-corrected chi connectivity index (χ2v) is 8.39. The first kappa shape index (κ1) is 27.7. The van der Waals surface area contributed by atoms with Crippen LogP contribution in [0.4, 0.5) is 11.5 Å². The maximum Gasteiger partial charge on any atom is 0.163 e. The molecule has 0 amide bonds. The minimum atomic E-state index is 0. The van der Waals surface area contributed by atoms with E-state index >= 15 is 0 Å². The number of rotatable bonds is 12. The van der Waals surface area contributed by atoms with E-state index in [0.717, 1.165) is 53.8 Å². The average Bonchev–Trinajstić information content (AvgIpc) is 2.87. The summed E-state index contributed by atoms with van der Waals surface area (Å²) in [5.74, 6) is 2.80. The summed E-state index contributed by atoms with van der Waals surface area (Å²) >= 11 is 0. The zero-order valence-corrected chi connectivity index (χ0v) is 21.9. The van der Waals surface area contributed by atoms with Gasteiger partial charge in [0, 0.05) is 31.4 Å². The second-order valence-electron chi connectivity index (χ2n) is 8.39. The molecule has 2 N–H and O–H groups in total. The van der Waals surface area contributed by atoms with Gasteiger partial charge in [-0.1, -0.05) is 0 Å². The zero-order chi connectivity index (χ0) is 24.5. The number of hydrogen-bond donors (Lipinski definition) is 2. The fourth-order valence-electron chi connectivity index (χ4n) is 3.95. The molecule has 1 aliphatic rings. The van der Waals surface area contributed by atoms with Crippen LogP contribution in [0.3, 0.4) is 0 Å². The first-order chi connectivity index (χ1) is 17.2. The van der Waals surface area contributed by atoms with Gasteiger partial charge < -0.3 is 34.3 Å². The zero-order valence-electron chi connectivity index (χ0n) is 21.0. The van der Waals surface area contributed by atoms with Crippen LogP contribution in [0.2, 0.25) is 0 Å². The number of nitrogens with zero attached hydrogens (tertiary/aromatic N) is 2. The van der Waals surface area contributed by atoms with Crippen LogP contribution in [0.25, 0.3) is 10.9 Å².